The van der Waals surface area contributed by atoms with Gasteiger partial charge < -0.3 is 14.9 Å². The van der Waals surface area contributed by atoms with Gasteiger partial charge in [-0.1, -0.05) is 18.2 Å². The van der Waals surface area contributed by atoms with E-state index in [0.717, 1.165) is 42.1 Å². The van der Waals surface area contributed by atoms with Crippen molar-refractivity contribution >= 4 is 17.2 Å². The molecule has 1 unspecified atom stereocenters. The molecule has 2 aliphatic heterocycles. The van der Waals surface area contributed by atoms with E-state index < -0.39 is 0 Å². The van der Waals surface area contributed by atoms with Crippen molar-refractivity contribution in [3.05, 3.63) is 51.7 Å². The Kier molecular flexibility index (Phi) is 4.29. The molecular formula is C19H22N2O2S. The van der Waals surface area contributed by atoms with Crippen LogP contribution in [0.2, 0.25) is 0 Å². The number of amides is 1. The lowest BCUT2D eigenvalue weighted by Gasteiger charge is -2.39. The summed E-state index contributed by atoms with van der Waals surface area (Å²) < 4.78 is 0. The fourth-order valence-electron chi connectivity index (χ4n) is 3.92. The first-order chi connectivity index (χ1) is 11.7. The molecule has 3 heterocycles. The Bertz CT molecular complexity index is 723. The summed E-state index contributed by atoms with van der Waals surface area (Å²) in [5, 5.41) is 12.2. The smallest absolute Gasteiger partial charge is 0.264 e. The molecule has 4 rings (SSSR count). The predicted octanol–water partition coefficient (Wildman–Crippen LogP) is 3.29. The lowest BCUT2D eigenvalue weighted by molar-refractivity contribution is 0.0620. The van der Waals surface area contributed by atoms with Gasteiger partial charge in [-0.05, 0) is 55.4 Å². The highest BCUT2D eigenvalue weighted by Crippen LogP contribution is 2.36. The van der Waals surface area contributed by atoms with Crippen LogP contribution in [0.4, 0.5) is 0 Å². The van der Waals surface area contributed by atoms with Crippen LogP contribution in [0.1, 0.15) is 39.7 Å². The number of phenolic OH excluding ortho intramolecular Hbond substituents is 1. The molecule has 2 aromatic rings. The number of likely N-dealkylation sites (tertiary alicyclic amines) is 1. The van der Waals surface area contributed by atoms with Crippen LogP contribution in [-0.4, -0.2) is 47.0 Å². The van der Waals surface area contributed by atoms with Crippen molar-refractivity contribution in [3.63, 3.8) is 0 Å². The second kappa shape index (κ2) is 6.57. The van der Waals surface area contributed by atoms with Crippen LogP contribution in [0.25, 0.3) is 0 Å². The third-order valence-corrected chi connectivity index (χ3v) is 6.01. The number of aromatic hydroxyl groups is 1. The van der Waals surface area contributed by atoms with Crippen LogP contribution < -0.4 is 0 Å². The van der Waals surface area contributed by atoms with E-state index in [0.29, 0.717) is 12.3 Å². The Balaban J connectivity index is 1.68. The monoisotopic (exact) mass is 342 g/mol. The maximum absolute atomic E-state index is 13.0. The molecule has 0 bridgehead atoms. The van der Waals surface area contributed by atoms with Gasteiger partial charge in [-0.25, -0.2) is 0 Å². The third kappa shape index (κ3) is 2.82. The summed E-state index contributed by atoms with van der Waals surface area (Å²) in [7, 11) is 0. The van der Waals surface area contributed by atoms with Crippen LogP contribution in [0.15, 0.2) is 35.7 Å². The summed E-state index contributed by atoms with van der Waals surface area (Å²) >= 11 is 1.50. The summed E-state index contributed by atoms with van der Waals surface area (Å²) in [6, 6.07) is 9.57. The van der Waals surface area contributed by atoms with Gasteiger partial charge in [-0.3, -0.25) is 4.79 Å². The molecule has 1 amide bonds. The van der Waals surface area contributed by atoms with Gasteiger partial charge in [0.2, 0.25) is 0 Å². The molecule has 1 aromatic heterocycles. The lowest BCUT2D eigenvalue weighted by Crippen LogP contribution is -2.44. The Hall–Kier alpha value is -1.85. The Morgan fingerprint density at radius 2 is 2.00 bits per heavy atom. The quantitative estimate of drug-likeness (QED) is 0.931. The molecule has 126 valence electrons. The molecular weight excluding hydrogens is 320 g/mol. The van der Waals surface area contributed by atoms with Gasteiger partial charge in [0.1, 0.15) is 5.75 Å². The second-order valence-electron chi connectivity index (χ2n) is 6.59. The van der Waals surface area contributed by atoms with Crippen molar-refractivity contribution in [2.75, 3.05) is 26.2 Å². The minimum absolute atomic E-state index is 0.0218. The van der Waals surface area contributed by atoms with Gasteiger partial charge >= 0.3 is 0 Å². The van der Waals surface area contributed by atoms with E-state index >= 15 is 0 Å². The number of carbonyl (C=O) groups excluding carboxylic acids is 1. The fourth-order valence-corrected chi connectivity index (χ4v) is 4.60. The lowest BCUT2D eigenvalue weighted by atomic mass is 9.91. The van der Waals surface area contributed by atoms with Crippen LogP contribution in [0.5, 0.6) is 5.75 Å². The van der Waals surface area contributed by atoms with E-state index in [2.05, 4.69) is 11.0 Å². The molecule has 0 spiro atoms. The summed E-state index contributed by atoms with van der Waals surface area (Å²) in [4.78, 5) is 18.2. The molecule has 1 N–H and O–H groups in total. The van der Waals surface area contributed by atoms with Gasteiger partial charge in [-0.2, -0.15) is 0 Å². The Morgan fingerprint density at radius 3 is 2.75 bits per heavy atom. The van der Waals surface area contributed by atoms with Crippen molar-refractivity contribution in [1.82, 2.24) is 9.80 Å². The highest BCUT2D eigenvalue weighted by Gasteiger charge is 2.34. The minimum atomic E-state index is 0.0218. The standard InChI is InChI=1S/C19H22N2O2S/c22-17-6-3-5-14-15(17)8-11-21(19(23)18-7-4-12-24-18)16(14)13-20-9-1-2-10-20/h3-7,12,16,22H,1-2,8-11,13H2. The van der Waals surface area contributed by atoms with Gasteiger partial charge in [0, 0.05) is 18.7 Å². The number of phenols is 1. The Morgan fingerprint density at radius 1 is 1.17 bits per heavy atom. The highest BCUT2D eigenvalue weighted by atomic mass is 32.1. The zero-order valence-electron chi connectivity index (χ0n) is 13.6. The largest absolute Gasteiger partial charge is 0.508 e. The van der Waals surface area contributed by atoms with Crippen molar-refractivity contribution < 1.29 is 9.90 Å². The molecule has 24 heavy (non-hydrogen) atoms. The number of fused-ring (bicyclic) bond motifs is 1. The number of nitrogens with zero attached hydrogens (tertiary/aromatic N) is 2. The number of hydrogen-bond donors (Lipinski definition) is 1. The fraction of sp³-hybridized carbons (Fsp3) is 0.421. The SMILES string of the molecule is O=C(c1cccs1)N1CCc2c(O)cccc2C1CN1CCCC1. The van der Waals surface area contributed by atoms with Crippen LogP contribution >= 0.6 is 11.3 Å². The number of carbonyl (C=O) groups is 1. The number of benzene rings is 1. The molecule has 0 radical (unpaired) electrons. The van der Waals surface area contributed by atoms with Crippen LogP contribution in [0, 0.1) is 0 Å². The summed E-state index contributed by atoms with van der Waals surface area (Å²) in [5.41, 5.74) is 2.12. The Labute approximate surface area is 146 Å². The zero-order chi connectivity index (χ0) is 16.5. The summed E-state index contributed by atoms with van der Waals surface area (Å²) in [6.07, 6.45) is 3.19. The third-order valence-electron chi connectivity index (χ3n) is 5.15. The summed E-state index contributed by atoms with van der Waals surface area (Å²) in [5.74, 6) is 0.477. The average molecular weight is 342 g/mol. The normalized spacial score (nSPS) is 21.0. The van der Waals surface area contributed by atoms with Gasteiger partial charge in [0.25, 0.3) is 5.91 Å². The van der Waals surface area contributed by atoms with E-state index in [9.17, 15) is 9.90 Å². The molecule has 2 aliphatic rings. The molecule has 1 aromatic carbocycles. The topological polar surface area (TPSA) is 43.8 Å². The predicted molar refractivity (Wildman–Crippen MR) is 95.6 cm³/mol. The van der Waals surface area contributed by atoms with Gasteiger partial charge in [-0.15, -0.1) is 11.3 Å². The first-order valence-electron chi connectivity index (χ1n) is 8.61. The van der Waals surface area contributed by atoms with Crippen molar-refractivity contribution in [2.24, 2.45) is 0 Å². The van der Waals surface area contributed by atoms with E-state index in [1.54, 1.807) is 6.07 Å². The van der Waals surface area contributed by atoms with Gasteiger partial charge in [0.05, 0.1) is 10.9 Å². The maximum Gasteiger partial charge on any atom is 0.264 e. The second-order valence-corrected chi connectivity index (χ2v) is 7.54. The molecule has 1 saturated heterocycles. The van der Waals surface area contributed by atoms with Crippen molar-refractivity contribution in [2.45, 2.75) is 25.3 Å². The van der Waals surface area contributed by atoms with Crippen molar-refractivity contribution in [3.8, 4) is 5.75 Å². The number of hydrogen-bond acceptors (Lipinski definition) is 4. The number of thiophene rings is 1. The van der Waals surface area contributed by atoms with Crippen molar-refractivity contribution in [1.29, 1.82) is 0 Å². The minimum Gasteiger partial charge on any atom is -0.508 e. The first kappa shape index (κ1) is 15.7. The molecule has 0 aliphatic carbocycles. The van der Waals surface area contributed by atoms with E-state index in [1.165, 1.54) is 24.2 Å². The van der Waals surface area contributed by atoms with Gasteiger partial charge in [0.15, 0.2) is 0 Å². The molecule has 0 saturated carbocycles. The first-order valence-corrected chi connectivity index (χ1v) is 9.49. The van der Waals surface area contributed by atoms with E-state index in [-0.39, 0.29) is 11.9 Å². The van der Waals surface area contributed by atoms with E-state index in [1.807, 2.05) is 28.5 Å². The molecule has 5 heteroatoms. The average Bonchev–Trinajstić information content (AvgIpc) is 3.29. The molecule has 1 fully saturated rings. The molecule has 4 nitrogen and oxygen atoms in total. The highest BCUT2D eigenvalue weighted by molar-refractivity contribution is 7.12. The zero-order valence-corrected chi connectivity index (χ0v) is 14.5. The van der Waals surface area contributed by atoms with Crippen LogP contribution in [-0.2, 0) is 6.42 Å². The maximum atomic E-state index is 13.0. The van der Waals surface area contributed by atoms with E-state index in [4.69, 9.17) is 0 Å². The molecule has 1 atom stereocenters. The number of rotatable bonds is 3. The van der Waals surface area contributed by atoms with Crippen LogP contribution in [0.3, 0.4) is 0 Å². The summed E-state index contributed by atoms with van der Waals surface area (Å²) in [6.45, 7) is 3.73.